The van der Waals surface area contributed by atoms with Crippen LogP contribution in [-0.4, -0.2) is 15.9 Å². The Hall–Kier alpha value is -2.14. The van der Waals surface area contributed by atoms with Crippen molar-refractivity contribution in [3.63, 3.8) is 0 Å². The predicted octanol–water partition coefficient (Wildman–Crippen LogP) is 3.89. The maximum atomic E-state index is 12.2. The van der Waals surface area contributed by atoms with E-state index in [1.165, 1.54) is 0 Å². The molecule has 100 valence electrons. The highest BCUT2D eigenvalue weighted by Gasteiger charge is 2.11. The Kier molecular flexibility index (Phi) is 3.28. The van der Waals surface area contributed by atoms with Crippen molar-refractivity contribution in [2.45, 2.75) is 6.92 Å². The largest absolute Gasteiger partial charge is 0.334 e. The van der Waals surface area contributed by atoms with Crippen molar-refractivity contribution in [2.75, 3.05) is 5.32 Å². The van der Waals surface area contributed by atoms with E-state index in [1.54, 1.807) is 0 Å². The van der Waals surface area contributed by atoms with Crippen molar-refractivity contribution in [1.82, 2.24) is 9.97 Å². The zero-order valence-corrected chi connectivity index (χ0v) is 12.4. The summed E-state index contributed by atoms with van der Waals surface area (Å²) in [5.41, 5.74) is 3.49. The molecular weight excluding hydrogens is 318 g/mol. The second-order valence-electron chi connectivity index (χ2n) is 4.57. The van der Waals surface area contributed by atoms with Gasteiger partial charge in [0.15, 0.2) is 5.82 Å². The van der Waals surface area contributed by atoms with Crippen LogP contribution in [0, 0.1) is 6.92 Å². The number of nitrogens with one attached hydrogen (secondary N) is 2. The standard InChI is InChI=1S/C15H12BrN3O/c1-9-5-6-12-13(7-9)19-14(18-12)15(20)17-11-4-2-3-10(16)8-11/h2-8H,1H3,(H,17,20)(H,18,19). The minimum Gasteiger partial charge on any atom is -0.334 e. The highest BCUT2D eigenvalue weighted by atomic mass is 79.9. The van der Waals surface area contributed by atoms with Crippen LogP contribution in [0.2, 0.25) is 0 Å². The summed E-state index contributed by atoms with van der Waals surface area (Å²) in [7, 11) is 0. The maximum Gasteiger partial charge on any atom is 0.291 e. The number of aromatic nitrogens is 2. The average Bonchev–Trinajstić information content (AvgIpc) is 2.81. The Labute approximate surface area is 124 Å². The summed E-state index contributed by atoms with van der Waals surface area (Å²) in [6.45, 7) is 2.00. The molecule has 4 nitrogen and oxygen atoms in total. The number of carbonyl (C=O) groups is 1. The van der Waals surface area contributed by atoms with Gasteiger partial charge in [-0.25, -0.2) is 4.98 Å². The smallest absolute Gasteiger partial charge is 0.291 e. The maximum absolute atomic E-state index is 12.2. The number of halogens is 1. The number of H-pyrrole nitrogens is 1. The van der Waals surface area contributed by atoms with Crippen molar-refractivity contribution >= 4 is 38.6 Å². The Bertz CT molecular complexity index is 795. The summed E-state index contributed by atoms with van der Waals surface area (Å²) in [4.78, 5) is 19.5. The van der Waals surface area contributed by atoms with Crippen LogP contribution < -0.4 is 5.32 Å². The number of hydrogen-bond acceptors (Lipinski definition) is 2. The van der Waals surface area contributed by atoms with Crippen LogP contribution >= 0.6 is 15.9 Å². The lowest BCUT2D eigenvalue weighted by Crippen LogP contribution is -2.13. The lowest BCUT2D eigenvalue weighted by atomic mass is 10.2. The highest BCUT2D eigenvalue weighted by Crippen LogP contribution is 2.17. The van der Waals surface area contributed by atoms with Gasteiger partial charge in [0.1, 0.15) is 0 Å². The second-order valence-corrected chi connectivity index (χ2v) is 5.49. The molecule has 2 aromatic carbocycles. The number of hydrogen-bond donors (Lipinski definition) is 2. The van der Waals surface area contributed by atoms with Gasteiger partial charge in [-0.1, -0.05) is 28.1 Å². The number of benzene rings is 2. The van der Waals surface area contributed by atoms with Gasteiger partial charge in [-0.3, -0.25) is 4.79 Å². The molecule has 0 aliphatic rings. The fourth-order valence-corrected chi connectivity index (χ4v) is 2.38. The van der Waals surface area contributed by atoms with E-state index in [0.29, 0.717) is 5.82 Å². The molecule has 0 radical (unpaired) electrons. The fraction of sp³-hybridized carbons (Fsp3) is 0.0667. The number of carbonyl (C=O) groups excluding carboxylic acids is 1. The molecule has 0 fully saturated rings. The molecule has 3 rings (SSSR count). The van der Waals surface area contributed by atoms with E-state index in [1.807, 2.05) is 49.4 Å². The van der Waals surface area contributed by atoms with Gasteiger partial charge in [-0.2, -0.15) is 0 Å². The first-order chi connectivity index (χ1) is 9.61. The minimum absolute atomic E-state index is 0.253. The zero-order valence-electron chi connectivity index (χ0n) is 10.8. The first kappa shape index (κ1) is 12.9. The Morgan fingerprint density at radius 2 is 2.10 bits per heavy atom. The normalized spacial score (nSPS) is 10.7. The summed E-state index contributed by atoms with van der Waals surface area (Å²) >= 11 is 3.37. The van der Waals surface area contributed by atoms with E-state index in [4.69, 9.17) is 0 Å². The van der Waals surface area contributed by atoms with E-state index < -0.39 is 0 Å². The van der Waals surface area contributed by atoms with E-state index in [9.17, 15) is 4.79 Å². The van der Waals surface area contributed by atoms with Crippen LogP contribution in [-0.2, 0) is 0 Å². The van der Waals surface area contributed by atoms with E-state index in [0.717, 1.165) is 26.8 Å². The molecule has 0 atom stereocenters. The summed E-state index contributed by atoms with van der Waals surface area (Å²) in [6.07, 6.45) is 0. The van der Waals surface area contributed by atoms with Gasteiger partial charge in [0, 0.05) is 10.2 Å². The molecule has 0 saturated heterocycles. The first-order valence-electron chi connectivity index (χ1n) is 6.15. The Balaban J connectivity index is 1.88. The highest BCUT2D eigenvalue weighted by molar-refractivity contribution is 9.10. The third-order valence-electron chi connectivity index (χ3n) is 2.94. The molecule has 1 heterocycles. The summed E-state index contributed by atoms with van der Waals surface area (Å²) in [6, 6.07) is 13.3. The number of amides is 1. The topological polar surface area (TPSA) is 57.8 Å². The molecule has 0 bridgehead atoms. The van der Waals surface area contributed by atoms with E-state index >= 15 is 0 Å². The van der Waals surface area contributed by atoms with E-state index in [2.05, 4.69) is 31.2 Å². The number of rotatable bonds is 2. The lowest BCUT2D eigenvalue weighted by Gasteiger charge is -2.02. The van der Waals surface area contributed by atoms with Crippen LogP contribution in [0.3, 0.4) is 0 Å². The zero-order chi connectivity index (χ0) is 14.1. The second kappa shape index (κ2) is 5.09. The molecule has 20 heavy (non-hydrogen) atoms. The monoisotopic (exact) mass is 329 g/mol. The summed E-state index contributed by atoms with van der Waals surface area (Å²) < 4.78 is 0.913. The number of imidazole rings is 1. The van der Waals surface area contributed by atoms with Gasteiger partial charge in [-0.15, -0.1) is 0 Å². The van der Waals surface area contributed by atoms with Gasteiger partial charge in [0.2, 0.25) is 0 Å². The Morgan fingerprint density at radius 1 is 1.25 bits per heavy atom. The van der Waals surface area contributed by atoms with Crippen LogP contribution in [0.15, 0.2) is 46.9 Å². The lowest BCUT2D eigenvalue weighted by molar-refractivity contribution is 0.101. The van der Waals surface area contributed by atoms with Gasteiger partial charge in [0.25, 0.3) is 5.91 Å². The third kappa shape index (κ3) is 2.58. The number of anilines is 1. The molecule has 0 aliphatic carbocycles. The van der Waals surface area contributed by atoms with Crippen molar-refractivity contribution in [2.24, 2.45) is 0 Å². The molecule has 0 unspecified atom stereocenters. The number of aryl methyl sites for hydroxylation is 1. The van der Waals surface area contributed by atoms with Gasteiger partial charge < -0.3 is 10.3 Å². The van der Waals surface area contributed by atoms with Crippen molar-refractivity contribution < 1.29 is 4.79 Å². The fourth-order valence-electron chi connectivity index (χ4n) is 1.98. The number of nitrogens with zero attached hydrogens (tertiary/aromatic N) is 1. The van der Waals surface area contributed by atoms with Crippen molar-refractivity contribution in [3.05, 3.63) is 58.3 Å². The molecule has 0 spiro atoms. The molecule has 0 aliphatic heterocycles. The number of aromatic amines is 1. The Morgan fingerprint density at radius 3 is 2.90 bits per heavy atom. The van der Waals surface area contributed by atoms with E-state index in [-0.39, 0.29) is 5.91 Å². The third-order valence-corrected chi connectivity index (χ3v) is 3.43. The van der Waals surface area contributed by atoms with Gasteiger partial charge in [0.05, 0.1) is 11.0 Å². The van der Waals surface area contributed by atoms with Crippen LogP contribution in [0.4, 0.5) is 5.69 Å². The summed E-state index contributed by atoms with van der Waals surface area (Å²) in [5.74, 6) is 0.0579. The summed E-state index contributed by atoms with van der Waals surface area (Å²) in [5, 5.41) is 2.81. The SMILES string of the molecule is Cc1ccc2[nH]c(C(=O)Nc3cccc(Br)c3)nc2c1. The van der Waals surface area contributed by atoms with Crippen LogP contribution in [0.25, 0.3) is 11.0 Å². The van der Waals surface area contributed by atoms with Crippen LogP contribution in [0.5, 0.6) is 0 Å². The molecule has 1 amide bonds. The quantitative estimate of drug-likeness (QED) is 0.749. The molecule has 3 aromatic rings. The van der Waals surface area contributed by atoms with Gasteiger partial charge in [-0.05, 0) is 42.8 Å². The first-order valence-corrected chi connectivity index (χ1v) is 6.94. The van der Waals surface area contributed by atoms with Crippen molar-refractivity contribution in [3.8, 4) is 0 Å². The average molecular weight is 330 g/mol. The molecule has 2 N–H and O–H groups in total. The molecular formula is C15H12BrN3O. The van der Waals surface area contributed by atoms with Gasteiger partial charge >= 0.3 is 0 Å². The molecule has 0 saturated carbocycles. The molecule has 5 heteroatoms. The van der Waals surface area contributed by atoms with Crippen LogP contribution in [0.1, 0.15) is 16.2 Å². The predicted molar refractivity (Wildman–Crippen MR) is 82.9 cm³/mol. The minimum atomic E-state index is -0.253. The van der Waals surface area contributed by atoms with Crippen molar-refractivity contribution in [1.29, 1.82) is 0 Å². The number of fused-ring (bicyclic) bond motifs is 1. The molecule has 1 aromatic heterocycles.